The molecule has 2 aromatic rings. The molecule has 170 valence electrons. The van der Waals surface area contributed by atoms with Crippen molar-refractivity contribution < 1.29 is 19.2 Å². The van der Waals surface area contributed by atoms with E-state index in [0.29, 0.717) is 31.9 Å². The number of carbonyl (C=O) groups is 1. The van der Waals surface area contributed by atoms with Crippen molar-refractivity contribution in [1.29, 1.82) is 5.26 Å². The summed E-state index contributed by atoms with van der Waals surface area (Å²) >= 11 is 0. The summed E-state index contributed by atoms with van der Waals surface area (Å²) in [5, 5.41) is 22.7. The smallest absolute Gasteiger partial charge is 0.422 e. The lowest BCUT2D eigenvalue weighted by atomic mass is 9.84. The first-order valence-electron chi connectivity index (χ1n) is 10.3. The average Bonchev–Trinajstić information content (AvgIpc) is 3.07. The van der Waals surface area contributed by atoms with Crippen molar-refractivity contribution in [3.05, 3.63) is 57.0 Å². The fourth-order valence-electron chi connectivity index (χ4n) is 3.93. The monoisotopic (exact) mass is 441 g/mol. The molecule has 1 aromatic carbocycles. The van der Waals surface area contributed by atoms with E-state index in [9.17, 15) is 20.2 Å². The van der Waals surface area contributed by atoms with Gasteiger partial charge in [0.2, 0.25) is 5.82 Å². The number of carbonyl (C=O) groups excluding carboxylic acids is 1. The van der Waals surface area contributed by atoms with E-state index in [4.69, 9.17) is 9.47 Å². The number of aryl methyl sites for hydroxylation is 2. The number of aromatic nitrogens is 2. The minimum atomic E-state index is -1.66. The van der Waals surface area contributed by atoms with Crippen LogP contribution in [0.25, 0.3) is 0 Å². The normalized spacial score (nSPS) is 16.8. The number of ether oxygens (including phenoxy) is 2. The third-order valence-corrected chi connectivity index (χ3v) is 5.20. The number of rotatable bonds is 4. The van der Waals surface area contributed by atoms with Crippen molar-refractivity contribution in [2.75, 3.05) is 26.3 Å². The second-order valence-corrected chi connectivity index (χ2v) is 8.70. The Balaban J connectivity index is 2.39. The van der Waals surface area contributed by atoms with Gasteiger partial charge in [-0.3, -0.25) is 4.90 Å². The van der Waals surface area contributed by atoms with E-state index in [1.807, 2.05) is 13.0 Å². The Hall–Kier alpha value is -3.29. The Kier molecular flexibility index (Phi) is 6.34. The fourth-order valence-corrected chi connectivity index (χ4v) is 3.93. The van der Waals surface area contributed by atoms with Gasteiger partial charge in [-0.2, -0.15) is 5.26 Å². The third-order valence-electron chi connectivity index (χ3n) is 5.20. The lowest BCUT2D eigenvalue weighted by molar-refractivity contribution is -0.390. The lowest BCUT2D eigenvalue weighted by Gasteiger charge is -2.40. The van der Waals surface area contributed by atoms with E-state index in [1.165, 1.54) is 6.92 Å². The Morgan fingerprint density at radius 2 is 1.94 bits per heavy atom. The first-order valence-corrected chi connectivity index (χ1v) is 10.3. The summed E-state index contributed by atoms with van der Waals surface area (Å²) in [5.41, 5.74) is -1.26. The molecule has 10 nitrogen and oxygen atoms in total. The number of nitro groups is 1. The topological polar surface area (TPSA) is 124 Å². The molecule has 0 saturated carbocycles. The summed E-state index contributed by atoms with van der Waals surface area (Å²) in [5.74, 6) is -0.482. The summed E-state index contributed by atoms with van der Waals surface area (Å²) in [6.07, 6.45) is -0.828. The van der Waals surface area contributed by atoms with Crippen LogP contribution in [0.4, 0.5) is 10.6 Å². The third kappa shape index (κ3) is 4.22. The maximum Gasteiger partial charge on any atom is 0.422 e. The molecule has 1 aliphatic rings. The Morgan fingerprint density at radius 1 is 1.28 bits per heavy atom. The molecule has 0 amide bonds. The molecule has 1 saturated heterocycles. The van der Waals surface area contributed by atoms with E-state index < -0.39 is 28.0 Å². The van der Waals surface area contributed by atoms with Crippen molar-refractivity contribution in [2.24, 2.45) is 0 Å². The van der Waals surface area contributed by atoms with Gasteiger partial charge in [0, 0.05) is 20.0 Å². The second-order valence-electron chi connectivity index (χ2n) is 8.70. The zero-order valence-electron chi connectivity index (χ0n) is 18.9. The fraction of sp³-hybridized carbons (Fsp3) is 0.500. The van der Waals surface area contributed by atoms with E-state index >= 15 is 0 Å². The molecule has 1 fully saturated rings. The van der Waals surface area contributed by atoms with Crippen LogP contribution in [0, 0.1) is 35.3 Å². The molecule has 1 aliphatic heterocycles. The molecule has 1 unspecified atom stereocenters. The first-order chi connectivity index (χ1) is 15.0. The number of hydrogen-bond donors (Lipinski definition) is 0. The van der Waals surface area contributed by atoms with Crippen molar-refractivity contribution in [2.45, 2.75) is 45.8 Å². The molecule has 1 aromatic heterocycles. The van der Waals surface area contributed by atoms with E-state index in [2.05, 4.69) is 11.1 Å². The zero-order valence-corrected chi connectivity index (χ0v) is 18.9. The van der Waals surface area contributed by atoms with Gasteiger partial charge in [-0.25, -0.2) is 9.36 Å². The van der Waals surface area contributed by atoms with Crippen LogP contribution in [0.5, 0.6) is 0 Å². The Labute approximate surface area is 186 Å². The van der Waals surface area contributed by atoms with Crippen LogP contribution < -0.4 is 0 Å². The van der Waals surface area contributed by atoms with Crippen molar-refractivity contribution in [3.8, 4) is 6.07 Å². The van der Waals surface area contributed by atoms with Crippen LogP contribution in [-0.2, 0) is 15.0 Å². The summed E-state index contributed by atoms with van der Waals surface area (Å²) in [6.45, 7) is 9.84. The predicted octanol–water partition coefficient (Wildman–Crippen LogP) is 3.29. The average molecular weight is 441 g/mol. The van der Waals surface area contributed by atoms with Gasteiger partial charge < -0.3 is 19.6 Å². The van der Waals surface area contributed by atoms with E-state index in [1.54, 1.807) is 43.9 Å². The maximum atomic E-state index is 13.2. The molecule has 0 radical (unpaired) electrons. The van der Waals surface area contributed by atoms with Crippen molar-refractivity contribution >= 4 is 11.9 Å². The van der Waals surface area contributed by atoms with Crippen LogP contribution in [0.3, 0.4) is 0 Å². The standard InChI is InChI=1S/C22H27N5O5/c1-15-7-6-8-17(13-15)22(14-23,25-9-11-31-12-10-25)18-19(27(29)30)24-16(2)26(18)20(28)32-21(3,4)5/h6-8,13H,9-12H2,1-5H3. The van der Waals surface area contributed by atoms with Gasteiger partial charge in [0.25, 0.3) is 0 Å². The molecule has 32 heavy (non-hydrogen) atoms. The minimum Gasteiger partial charge on any atom is -0.443 e. The zero-order chi connectivity index (χ0) is 23.7. The molecule has 1 atom stereocenters. The molecule has 2 heterocycles. The lowest BCUT2D eigenvalue weighted by Crippen LogP contribution is -2.53. The Morgan fingerprint density at radius 3 is 2.47 bits per heavy atom. The van der Waals surface area contributed by atoms with Crippen LogP contribution >= 0.6 is 0 Å². The summed E-state index contributed by atoms with van der Waals surface area (Å²) < 4.78 is 12.1. The van der Waals surface area contributed by atoms with Gasteiger partial charge in [-0.05, 0) is 43.2 Å². The highest BCUT2D eigenvalue weighted by atomic mass is 16.6. The largest absolute Gasteiger partial charge is 0.443 e. The summed E-state index contributed by atoms with van der Waals surface area (Å²) in [4.78, 5) is 30.5. The number of imidazole rings is 1. The van der Waals surface area contributed by atoms with Gasteiger partial charge >= 0.3 is 11.9 Å². The Bertz CT molecular complexity index is 1080. The van der Waals surface area contributed by atoms with Gasteiger partial charge in [-0.1, -0.05) is 29.8 Å². The molecule has 0 bridgehead atoms. The number of hydrogen-bond acceptors (Lipinski definition) is 8. The number of benzene rings is 1. The highest BCUT2D eigenvalue weighted by Gasteiger charge is 2.51. The van der Waals surface area contributed by atoms with Crippen LogP contribution in [0.15, 0.2) is 24.3 Å². The molecule has 10 heteroatoms. The molecule has 0 N–H and O–H groups in total. The van der Waals surface area contributed by atoms with Crippen LogP contribution in [0.2, 0.25) is 0 Å². The van der Waals surface area contributed by atoms with Gasteiger partial charge in [0.1, 0.15) is 5.60 Å². The molecule has 0 aliphatic carbocycles. The molecular weight excluding hydrogens is 414 g/mol. The van der Waals surface area contributed by atoms with Gasteiger partial charge in [0.15, 0.2) is 11.2 Å². The first kappa shape index (κ1) is 23.4. The number of morpholine rings is 1. The SMILES string of the molecule is Cc1cccc(C(C#N)(c2c([N+](=O)[O-])nc(C)n2C(=O)OC(C)(C)C)N2CCOCC2)c1. The molecule has 3 rings (SSSR count). The van der Waals surface area contributed by atoms with Crippen molar-refractivity contribution in [1.82, 2.24) is 14.5 Å². The predicted molar refractivity (Wildman–Crippen MR) is 115 cm³/mol. The summed E-state index contributed by atoms with van der Waals surface area (Å²) in [6, 6.07) is 9.49. The van der Waals surface area contributed by atoms with Crippen LogP contribution in [0.1, 0.15) is 43.4 Å². The number of nitriles is 1. The highest BCUT2D eigenvalue weighted by Crippen LogP contribution is 2.41. The number of nitrogens with zero attached hydrogens (tertiary/aromatic N) is 5. The second kappa shape index (κ2) is 8.68. The molecule has 0 spiro atoms. The maximum absolute atomic E-state index is 13.2. The van der Waals surface area contributed by atoms with E-state index in [0.717, 1.165) is 10.1 Å². The van der Waals surface area contributed by atoms with Gasteiger partial charge in [-0.15, -0.1) is 0 Å². The minimum absolute atomic E-state index is 0.0708. The quantitative estimate of drug-likeness (QED) is 0.523. The van der Waals surface area contributed by atoms with Gasteiger partial charge in [0.05, 0.1) is 19.3 Å². The highest BCUT2D eigenvalue weighted by molar-refractivity contribution is 5.75. The molecular formula is C22H27N5O5. The van der Waals surface area contributed by atoms with E-state index in [-0.39, 0.29) is 11.5 Å². The summed E-state index contributed by atoms with van der Waals surface area (Å²) in [7, 11) is 0. The van der Waals surface area contributed by atoms with Crippen molar-refractivity contribution in [3.63, 3.8) is 0 Å². The van der Waals surface area contributed by atoms with Crippen LogP contribution in [-0.4, -0.2) is 57.4 Å².